The Morgan fingerprint density at radius 1 is 1.02 bits per heavy atom. The summed E-state index contributed by atoms with van der Waals surface area (Å²) in [6, 6.07) is 1.19. The highest BCUT2D eigenvalue weighted by Crippen LogP contribution is 2.53. The van der Waals surface area contributed by atoms with E-state index in [1.165, 1.54) is 25.2 Å². The van der Waals surface area contributed by atoms with E-state index in [9.17, 15) is 46.2 Å². The van der Waals surface area contributed by atoms with Crippen LogP contribution in [-0.2, 0) is 13.2 Å². The molecule has 2 aromatic heterocycles. The summed E-state index contributed by atoms with van der Waals surface area (Å²) in [5.41, 5.74) is -1.85. The van der Waals surface area contributed by atoms with Gasteiger partial charge in [0.15, 0.2) is 11.5 Å². The maximum absolute atomic E-state index is 13.8. The number of urea groups is 1. The highest BCUT2D eigenvalue weighted by atomic mass is 35.5. The van der Waals surface area contributed by atoms with Crippen molar-refractivity contribution >= 4 is 41.2 Å². The van der Waals surface area contributed by atoms with Crippen LogP contribution in [-0.4, -0.2) is 114 Å². The summed E-state index contributed by atoms with van der Waals surface area (Å²) < 4.78 is 70.1. The number of rotatable bonds is 7. The molecule has 0 bridgehead atoms. The van der Waals surface area contributed by atoms with Crippen molar-refractivity contribution in [1.82, 2.24) is 39.8 Å². The lowest BCUT2D eigenvalue weighted by molar-refractivity contribution is -0.141. The Bertz CT molecular complexity index is 1940. The molecule has 1 unspecified atom stereocenters. The highest BCUT2D eigenvalue weighted by Gasteiger charge is 2.60. The number of aliphatic hydroxyl groups is 1. The molecule has 21 heteroatoms. The Balaban J connectivity index is 0.944. The molecule has 15 nitrogen and oxygen atoms in total. The number of carbonyl (C=O) groups is 4. The standard InChI is InChI=1S/C30H29ClF5N9O6/c1-42-19(16-9-45(21-5-29(21,32)33)41-23(16)30(34,35)36)6-37-24(42)26(48)38-12-2-3-13(17(31)4-12)25(47)40-22-14-7-43(8-15(14)22)27(49)39-18-10-44(28(50)51)11-20(18)46/h2-4,6,9,14-15,18,20-22,46H,5,7-8,10-11H2,1H3,(H,38,48)(H,39,49)(H,40,47)(H,50,51)/t14-,15+,18-,20-,21+,22?/m0/s1. The van der Waals surface area contributed by atoms with E-state index in [1.54, 1.807) is 4.90 Å². The van der Waals surface area contributed by atoms with Crippen molar-refractivity contribution in [3.63, 3.8) is 0 Å². The number of amides is 5. The van der Waals surface area contributed by atoms with Gasteiger partial charge in [-0.2, -0.15) is 18.3 Å². The molecular formula is C30H29ClF5N9O6. The van der Waals surface area contributed by atoms with Gasteiger partial charge in [-0.05, 0) is 18.2 Å². The lowest BCUT2D eigenvalue weighted by Crippen LogP contribution is -2.50. The van der Waals surface area contributed by atoms with Crippen molar-refractivity contribution in [3.05, 3.63) is 52.7 Å². The van der Waals surface area contributed by atoms with Crippen LogP contribution in [0.2, 0.25) is 5.02 Å². The highest BCUT2D eigenvalue weighted by molar-refractivity contribution is 6.34. The number of anilines is 1. The number of likely N-dealkylation sites (tertiary alicyclic amines) is 2. The summed E-state index contributed by atoms with van der Waals surface area (Å²) in [7, 11) is 1.29. The molecule has 5 N–H and O–H groups in total. The van der Waals surface area contributed by atoms with Crippen LogP contribution >= 0.6 is 11.6 Å². The molecule has 3 aromatic rings. The summed E-state index contributed by atoms with van der Waals surface area (Å²) >= 11 is 6.37. The Hall–Kier alpha value is -4.98. The molecule has 0 spiro atoms. The first-order chi connectivity index (χ1) is 23.9. The number of nitrogens with one attached hydrogen (secondary N) is 3. The number of nitrogens with zero attached hydrogens (tertiary/aromatic N) is 6. The molecule has 0 radical (unpaired) electrons. The largest absolute Gasteiger partial charge is 0.465 e. The summed E-state index contributed by atoms with van der Waals surface area (Å²) in [6.45, 7) is 0.564. The molecule has 4 heterocycles. The van der Waals surface area contributed by atoms with Crippen LogP contribution in [0.15, 0.2) is 30.6 Å². The summed E-state index contributed by atoms with van der Waals surface area (Å²) in [5, 5.41) is 30.6. The van der Waals surface area contributed by atoms with E-state index < -0.39 is 71.9 Å². The summed E-state index contributed by atoms with van der Waals surface area (Å²) in [5.74, 6) is -4.81. The molecule has 2 aliphatic heterocycles. The molecule has 272 valence electrons. The Kier molecular flexibility index (Phi) is 8.16. The second-order valence-electron chi connectivity index (χ2n) is 13.1. The number of hydrogen-bond acceptors (Lipinski definition) is 7. The zero-order chi connectivity index (χ0) is 36.7. The van der Waals surface area contributed by atoms with Gasteiger partial charge in [-0.1, -0.05) is 11.6 Å². The van der Waals surface area contributed by atoms with Gasteiger partial charge in [0.05, 0.1) is 46.7 Å². The van der Waals surface area contributed by atoms with Crippen LogP contribution in [0.25, 0.3) is 11.3 Å². The van der Waals surface area contributed by atoms with Gasteiger partial charge in [-0.15, -0.1) is 0 Å². The lowest BCUT2D eigenvalue weighted by Gasteiger charge is -2.24. The van der Waals surface area contributed by atoms with Gasteiger partial charge in [-0.25, -0.2) is 23.4 Å². The van der Waals surface area contributed by atoms with Gasteiger partial charge < -0.3 is 40.5 Å². The number of benzene rings is 1. The van der Waals surface area contributed by atoms with E-state index in [0.717, 1.165) is 21.9 Å². The number of aromatic nitrogens is 4. The first-order valence-corrected chi connectivity index (χ1v) is 16.0. The summed E-state index contributed by atoms with van der Waals surface area (Å²) in [4.78, 5) is 56.4. The second-order valence-corrected chi connectivity index (χ2v) is 13.5. The zero-order valence-corrected chi connectivity index (χ0v) is 27.1. The van der Waals surface area contributed by atoms with E-state index in [2.05, 4.69) is 26.0 Å². The minimum atomic E-state index is -4.97. The molecule has 51 heavy (non-hydrogen) atoms. The topological polar surface area (TPSA) is 187 Å². The first-order valence-electron chi connectivity index (χ1n) is 15.6. The first kappa shape index (κ1) is 34.5. The predicted octanol–water partition coefficient (Wildman–Crippen LogP) is 2.88. The summed E-state index contributed by atoms with van der Waals surface area (Å²) in [6.07, 6.45) is -5.95. The number of carbonyl (C=O) groups excluding carboxylic acids is 3. The van der Waals surface area contributed by atoms with Crippen molar-refractivity contribution in [2.24, 2.45) is 18.9 Å². The minimum Gasteiger partial charge on any atom is -0.465 e. The number of alkyl halides is 5. The van der Waals surface area contributed by atoms with Crippen molar-refractivity contribution < 1.29 is 51.3 Å². The number of halogens is 6. The SMILES string of the molecule is Cn1c(-c2cn([C@@H]3CC3(F)F)nc2C(F)(F)F)cnc1C(=O)Nc1ccc(C(=O)NC2[C@H]3CN(C(=O)N[C@H]4CN(C(=O)O)C[C@@H]4O)C[C@@H]23)c(Cl)c1. The van der Waals surface area contributed by atoms with E-state index in [1.807, 2.05) is 0 Å². The van der Waals surface area contributed by atoms with Crippen molar-refractivity contribution in [1.29, 1.82) is 0 Å². The van der Waals surface area contributed by atoms with Crippen molar-refractivity contribution in [3.8, 4) is 11.3 Å². The molecule has 4 aliphatic rings. The third kappa shape index (κ3) is 6.41. The molecule has 7 rings (SSSR count). The van der Waals surface area contributed by atoms with Crippen molar-refractivity contribution in [2.45, 2.75) is 42.7 Å². The molecule has 2 aliphatic carbocycles. The average Bonchev–Trinajstić information content (AvgIpc) is 3.50. The molecule has 1 aromatic carbocycles. The molecule has 2 saturated carbocycles. The maximum atomic E-state index is 13.8. The molecule has 4 fully saturated rings. The molecule has 5 amide bonds. The van der Waals surface area contributed by atoms with Gasteiger partial charge in [0.1, 0.15) is 6.04 Å². The van der Waals surface area contributed by atoms with E-state index in [-0.39, 0.29) is 58.8 Å². The number of hydrogen-bond donors (Lipinski definition) is 5. The molecule has 2 saturated heterocycles. The smallest absolute Gasteiger partial charge is 0.435 e. The average molecular weight is 742 g/mol. The number of piperidine rings is 1. The van der Waals surface area contributed by atoms with Gasteiger partial charge >= 0.3 is 18.3 Å². The zero-order valence-electron chi connectivity index (χ0n) is 26.4. The van der Waals surface area contributed by atoms with Gasteiger partial charge in [0, 0.05) is 62.9 Å². The molecule has 6 atom stereocenters. The third-order valence-corrected chi connectivity index (χ3v) is 10.0. The van der Waals surface area contributed by atoms with E-state index >= 15 is 0 Å². The Morgan fingerprint density at radius 3 is 2.29 bits per heavy atom. The Labute approximate surface area is 289 Å². The van der Waals surface area contributed by atoms with Crippen molar-refractivity contribution in [2.75, 3.05) is 31.5 Å². The van der Waals surface area contributed by atoms with Gasteiger partial charge in [0.2, 0.25) is 0 Å². The third-order valence-electron chi connectivity index (χ3n) is 9.70. The fourth-order valence-electron chi connectivity index (χ4n) is 6.74. The number of imidazole rings is 1. The normalized spacial score (nSPS) is 26.1. The fraction of sp³-hybridized carbons (Fsp3) is 0.467. The lowest BCUT2D eigenvalue weighted by atomic mass is 10.2. The number of aliphatic hydroxyl groups excluding tert-OH is 1. The van der Waals surface area contributed by atoms with E-state index in [4.69, 9.17) is 16.7 Å². The number of fused-ring (bicyclic) bond motifs is 1. The van der Waals surface area contributed by atoms with Crippen LogP contribution in [0.1, 0.15) is 39.1 Å². The number of carboxylic acid groups (broad SMARTS) is 1. The van der Waals surface area contributed by atoms with E-state index in [0.29, 0.717) is 17.8 Å². The second kappa shape index (κ2) is 12.1. The fourth-order valence-corrected chi connectivity index (χ4v) is 7.01. The minimum absolute atomic E-state index is 0.0118. The van der Waals surface area contributed by atoms with Gasteiger partial charge in [0.25, 0.3) is 17.7 Å². The molecular weight excluding hydrogens is 713 g/mol. The van der Waals surface area contributed by atoms with Crippen LogP contribution in [0.4, 0.5) is 37.2 Å². The van der Waals surface area contributed by atoms with Crippen LogP contribution < -0.4 is 16.0 Å². The Morgan fingerprint density at radius 2 is 1.71 bits per heavy atom. The van der Waals surface area contributed by atoms with Gasteiger partial charge in [-0.3, -0.25) is 14.3 Å². The number of β-amino-alcohol motifs (C(OH)–C–C–N with tert-alkyl or cyclic N) is 1. The van der Waals surface area contributed by atoms with Crippen LogP contribution in [0.5, 0.6) is 0 Å². The monoisotopic (exact) mass is 741 g/mol. The quantitative estimate of drug-likeness (QED) is 0.229. The predicted molar refractivity (Wildman–Crippen MR) is 165 cm³/mol. The van der Waals surface area contributed by atoms with Crippen LogP contribution in [0.3, 0.4) is 0 Å². The van der Waals surface area contributed by atoms with Crippen LogP contribution in [0, 0.1) is 11.8 Å². The maximum Gasteiger partial charge on any atom is 0.435 e.